The van der Waals surface area contributed by atoms with Crippen LogP contribution in [0.25, 0.3) is 0 Å². The summed E-state index contributed by atoms with van der Waals surface area (Å²) >= 11 is 0. The number of amides is 2. The van der Waals surface area contributed by atoms with Crippen molar-refractivity contribution in [3.05, 3.63) is 24.3 Å². The highest BCUT2D eigenvalue weighted by Crippen LogP contribution is 2.20. The Morgan fingerprint density at radius 3 is 2.63 bits per heavy atom. The van der Waals surface area contributed by atoms with Crippen molar-refractivity contribution in [3.8, 4) is 0 Å². The van der Waals surface area contributed by atoms with Gasteiger partial charge in [-0.2, -0.15) is 0 Å². The van der Waals surface area contributed by atoms with E-state index >= 15 is 0 Å². The van der Waals surface area contributed by atoms with Crippen molar-refractivity contribution in [1.29, 1.82) is 0 Å². The van der Waals surface area contributed by atoms with Gasteiger partial charge in [-0.05, 0) is 44.9 Å². The molecule has 0 aliphatic carbocycles. The predicted molar refractivity (Wildman–Crippen MR) is 79.8 cm³/mol. The van der Waals surface area contributed by atoms with Crippen LogP contribution in [0.2, 0.25) is 0 Å². The van der Waals surface area contributed by atoms with Gasteiger partial charge in [0.15, 0.2) is 0 Å². The molecule has 0 unspecified atom stereocenters. The maximum atomic E-state index is 12.0. The lowest BCUT2D eigenvalue weighted by Crippen LogP contribution is -2.32. The quantitative estimate of drug-likeness (QED) is 0.907. The van der Waals surface area contributed by atoms with E-state index in [0.717, 1.165) is 37.3 Å². The number of carbonyl (C=O) groups is 1. The number of hydrogen-bond donors (Lipinski definition) is 1. The molecule has 1 aliphatic rings. The molecule has 4 nitrogen and oxygen atoms in total. The fraction of sp³-hybridized carbons (Fsp3) is 0.533. The second-order valence-electron chi connectivity index (χ2n) is 5.38. The molecule has 1 N–H and O–H groups in total. The van der Waals surface area contributed by atoms with Gasteiger partial charge in [0.05, 0.1) is 0 Å². The first kappa shape index (κ1) is 13.7. The summed E-state index contributed by atoms with van der Waals surface area (Å²) in [6, 6.07) is 8.45. The Morgan fingerprint density at radius 1 is 1.32 bits per heavy atom. The molecule has 0 atom stereocenters. The third kappa shape index (κ3) is 3.40. The van der Waals surface area contributed by atoms with Crippen LogP contribution in [0.5, 0.6) is 0 Å². The van der Waals surface area contributed by atoms with Gasteiger partial charge >= 0.3 is 6.03 Å². The molecule has 1 saturated heterocycles. The normalized spacial score (nSPS) is 14.8. The van der Waals surface area contributed by atoms with E-state index in [1.54, 1.807) is 0 Å². The average molecular weight is 261 g/mol. The Hall–Kier alpha value is -1.71. The van der Waals surface area contributed by atoms with Gasteiger partial charge in [0.1, 0.15) is 0 Å². The summed E-state index contributed by atoms with van der Waals surface area (Å²) in [5.74, 6) is 0. The van der Waals surface area contributed by atoms with E-state index in [0.29, 0.717) is 6.04 Å². The number of urea groups is 1. The molecule has 4 heteroatoms. The van der Waals surface area contributed by atoms with Crippen LogP contribution < -0.4 is 10.2 Å². The first-order valence-corrected chi connectivity index (χ1v) is 6.97. The van der Waals surface area contributed by atoms with Crippen molar-refractivity contribution in [2.75, 3.05) is 30.4 Å². The van der Waals surface area contributed by atoms with Gasteiger partial charge in [-0.3, -0.25) is 0 Å². The highest BCUT2D eigenvalue weighted by molar-refractivity contribution is 5.90. The summed E-state index contributed by atoms with van der Waals surface area (Å²) in [5, 5.41) is 2.98. The predicted octanol–water partition coefficient (Wildman–Crippen LogP) is 3.16. The second-order valence-corrected chi connectivity index (χ2v) is 5.38. The van der Waals surface area contributed by atoms with E-state index in [4.69, 9.17) is 0 Å². The van der Waals surface area contributed by atoms with Gasteiger partial charge in [0.25, 0.3) is 0 Å². The van der Waals surface area contributed by atoms with Crippen molar-refractivity contribution >= 4 is 17.4 Å². The number of hydrogen-bond acceptors (Lipinski definition) is 2. The lowest BCUT2D eigenvalue weighted by atomic mass is 10.2. The van der Waals surface area contributed by atoms with Crippen LogP contribution in [0.4, 0.5) is 16.2 Å². The van der Waals surface area contributed by atoms with Crippen molar-refractivity contribution in [2.45, 2.75) is 32.7 Å². The first-order valence-electron chi connectivity index (χ1n) is 6.97. The minimum absolute atomic E-state index is 0.0156. The molecule has 1 aromatic rings. The molecule has 0 radical (unpaired) electrons. The third-order valence-electron chi connectivity index (χ3n) is 3.67. The molecule has 1 aliphatic heterocycles. The lowest BCUT2D eigenvalue weighted by molar-refractivity contribution is 0.222. The molecule has 1 fully saturated rings. The van der Waals surface area contributed by atoms with E-state index in [-0.39, 0.29) is 6.03 Å². The van der Waals surface area contributed by atoms with Crippen molar-refractivity contribution in [3.63, 3.8) is 0 Å². The molecule has 1 heterocycles. The van der Waals surface area contributed by atoms with Gasteiger partial charge in [0.2, 0.25) is 0 Å². The Bertz CT molecular complexity index is 439. The average Bonchev–Trinajstić information content (AvgIpc) is 2.92. The number of likely N-dealkylation sites (tertiary alicyclic amines) is 1. The minimum Gasteiger partial charge on any atom is -0.372 e. The first-order chi connectivity index (χ1) is 9.08. The molecule has 2 rings (SSSR count). The number of nitrogens with zero attached hydrogens (tertiary/aromatic N) is 2. The number of rotatable bonds is 3. The molecular formula is C15H23N3O. The zero-order chi connectivity index (χ0) is 13.8. The monoisotopic (exact) mass is 261 g/mol. The highest BCUT2D eigenvalue weighted by Gasteiger charge is 2.17. The number of benzene rings is 1. The molecule has 0 aromatic heterocycles. The SMILES string of the molecule is CC(C)N(C)c1cccc(NC(=O)N2CCCC2)c1. The fourth-order valence-electron chi connectivity index (χ4n) is 2.22. The summed E-state index contributed by atoms with van der Waals surface area (Å²) in [5.41, 5.74) is 1.98. The van der Waals surface area contributed by atoms with Gasteiger partial charge < -0.3 is 15.1 Å². The van der Waals surface area contributed by atoms with E-state index in [9.17, 15) is 4.79 Å². The van der Waals surface area contributed by atoms with Crippen LogP contribution in [-0.2, 0) is 0 Å². The zero-order valence-electron chi connectivity index (χ0n) is 12.0. The summed E-state index contributed by atoms with van der Waals surface area (Å²) < 4.78 is 0. The van der Waals surface area contributed by atoms with Crippen LogP contribution in [0.15, 0.2) is 24.3 Å². The Morgan fingerprint density at radius 2 is 2.00 bits per heavy atom. The minimum atomic E-state index is 0.0156. The van der Waals surface area contributed by atoms with Crippen molar-refractivity contribution in [1.82, 2.24) is 4.90 Å². The molecule has 2 amide bonds. The molecular weight excluding hydrogens is 238 g/mol. The summed E-state index contributed by atoms with van der Waals surface area (Å²) in [4.78, 5) is 16.1. The fourth-order valence-corrected chi connectivity index (χ4v) is 2.22. The van der Waals surface area contributed by atoms with E-state index < -0.39 is 0 Å². The topological polar surface area (TPSA) is 35.6 Å². The van der Waals surface area contributed by atoms with Gasteiger partial charge in [-0.1, -0.05) is 6.07 Å². The number of anilines is 2. The molecule has 0 bridgehead atoms. The summed E-state index contributed by atoms with van der Waals surface area (Å²) in [6.07, 6.45) is 2.23. The molecule has 0 spiro atoms. The van der Waals surface area contributed by atoms with Crippen LogP contribution in [0.3, 0.4) is 0 Å². The summed E-state index contributed by atoms with van der Waals surface area (Å²) in [7, 11) is 2.06. The lowest BCUT2D eigenvalue weighted by Gasteiger charge is -2.24. The summed E-state index contributed by atoms with van der Waals surface area (Å²) in [6.45, 7) is 6.04. The van der Waals surface area contributed by atoms with Crippen LogP contribution in [-0.4, -0.2) is 37.1 Å². The molecule has 0 saturated carbocycles. The van der Waals surface area contributed by atoms with Crippen LogP contribution >= 0.6 is 0 Å². The Labute approximate surface area is 115 Å². The van der Waals surface area contributed by atoms with Crippen molar-refractivity contribution < 1.29 is 4.79 Å². The highest BCUT2D eigenvalue weighted by atomic mass is 16.2. The zero-order valence-corrected chi connectivity index (χ0v) is 12.0. The van der Waals surface area contributed by atoms with Gasteiger partial charge in [-0.25, -0.2) is 4.79 Å². The standard InChI is InChI=1S/C15H23N3O/c1-12(2)17(3)14-8-6-7-13(11-14)16-15(19)18-9-4-5-10-18/h6-8,11-12H,4-5,9-10H2,1-3H3,(H,16,19). The van der Waals surface area contributed by atoms with Crippen LogP contribution in [0.1, 0.15) is 26.7 Å². The third-order valence-corrected chi connectivity index (χ3v) is 3.67. The second kappa shape index (κ2) is 5.95. The van der Waals surface area contributed by atoms with Crippen molar-refractivity contribution in [2.24, 2.45) is 0 Å². The smallest absolute Gasteiger partial charge is 0.321 e. The van der Waals surface area contributed by atoms with E-state index in [1.165, 1.54) is 0 Å². The van der Waals surface area contributed by atoms with Gasteiger partial charge in [0, 0.05) is 37.6 Å². The molecule has 19 heavy (non-hydrogen) atoms. The Kier molecular flexibility index (Phi) is 4.30. The number of nitrogens with one attached hydrogen (secondary N) is 1. The maximum Gasteiger partial charge on any atom is 0.321 e. The largest absolute Gasteiger partial charge is 0.372 e. The van der Waals surface area contributed by atoms with E-state index in [2.05, 4.69) is 37.2 Å². The molecule has 104 valence electrons. The van der Waals surface area contributed by atoms with E-state index in [1.807, 2.05) is 23.1 Å². The van der Waals surface area contributed by atoms with Crippen LogP contribution in [0, 0.1) is 0 Å². The number of carbonyl (C=O) groups excluding carboxylic acids is 1. The molecule has 1 aromatic carbocycles. The Balaban J connectivity index is 2.04. The van der Waals surface area contributed by atoms with Gasteiger partial charge in [-0.15, -0.1) is 0 Å². The maximum absolute atomic E-state index is 12.0.